The zero-order valence-electron chi connectivity index (χ0n) is 15.7. The van der Waals surface area contributed by atoms with Gasteiger partial charge in [0.1, 0.15) is 0 Å². The maximum atomic E-state index is 12.4. The molecule has 5 heteroatoms. The number of carbonyl (C=O) groups excluding carboxylic acids is 2. The van der Waals surface area contributed by atoms with Gasteiger partial charge in [0.15, 0.2) is 12.4 Å². The Morgan fingerprint density at radius 3 is 2.31 bits per heavy atom. The Morgan fingerprint density at radius 1 is 1.04 bits per heavy atom. The number of hydrogen-bond acceptors (Lipinski definition) is 3. The van der Waals surface area contributed by atoms with Crippen molar-refractivity contribution in [2.45, 2.75) is 46.1 Å². The van der Waals surface area contributed by atoms with Crippen LogP contribution >= 0.6 is 0 Å². The number of rotatable bonds is 8. The number of benzene rings is 1. The van der Waals surface area contributed by atoms with Crippen molar-refractivity contribution in [1.82, 2.24) is 0 Å². The third-order valence-corrected chi connectivity index (χ3v) is 4.40. The zero-order valence-corrected chi connectivity index (χ0v) is 15.7. The molecule has 0 unspecified atom stereocenters. The summed E-state index contributed by atoms with van der Waals surface area (Å²) in [6.07, 6.45) is 6.05. The monoisotopic (exact) mass is 355 g/mol. The lowest BCUT2D eigenvalue weighted by Crippen LogP contribution is -2.39. The van der Waals surface area contributed by atoms with E-state index in [9.17, 15) is 9.59 Å². The maximum Gasteiger partial charge on any atom is 0.340 e. The van der Waals surface area contributed by atoms with Gasteiger partial charge in [-0.05, 0) is 43.4 Å². The molecule has 1 amide bonds. The molecule has 0 saturated carbocycles. The Bertz CT molecular complexity index is 737. The highest BCUT2D eigenvalue weighted by Crippen LogP contribution is 2.21. The molecule has 0 aliphatic rings. The normalized spacial score (nSPS) is 10.6. The van der Waals surface area contributed by atoms with Gasteiger partial charge in [-0.1, -0.05) is 26.0 Å². The van der Waals surface area contributed by atoms with Gasteiger partial charge < -0.3 is 10.1 Å². The van der Waals surface area contributed by atoms with Crippen molar-refractivity contribution in [3.05, 3.63) is 59.9 Å². The number of aromatic nitrogens is 1. The summed E-state index contributed by atoms with van der Waals surface area (Å²) in [6.45, 7) is 6.59. The van der Waals surface area contributed by atoms with Crippen molar-refractivity contribution < 1.29 is 18.9 Å². The summed E-state index contributed by atoms with van der Waals surface area (Å²) in [5.74, 6) is -0.0810. The highest BCUT2D eigenvalue weighted by atomic mass is 16.5. The fourth-order valence-corrected chi connectivity index (χ4v) is 2.94. The number of carbonyl (C=O) groups is 2. The lowest BCUT2D eigenvalue weighted by Gasteiger charge is -2.11. The molecule has 2 rings (SSSR count). The van der Waals surface area contributed by atoms with Gasteiger partial charge in [0, 0.05) is 12.1 Å². The van der Waals surface area contributed by atoms with Crippen molar-refractivity contribution in [2.75, 3.05) is 11.9 Å². The molecule has 26 heavy (non-hydrogen) atoms. The van der Waals surface area contributed by atoms with Gasteiger partial charge in [-0.2, -0.15) is 4.57 Å². The topological polar surface area (TPSA) is 59.3 Å². The summed E-state index contributed by atoms with van der Waals surface area (Å²) in [7, 11) is 0. The van der Waals surface area contributed by atoms with E-state index in [2.05, 4.69) is 31.3 Å². The van der Waals surface area contributed by atoms with Crippen LogP contribution in [-0.4, -0.2) is 18.5 Å². The van der Waals surface area contributed by atoms with Crippen LogP contribution in [0.4, 0.5) is 5.69 Å². The van der Waals surface area contributed by atoms with Crippen molar-refractivity contribution in [3.8, 4) is 0 Å². The van der Waals surface area contributed by atoms with E-state index in [1.807, 2.05) is 17.0 Å². The molecule has 1 N–H and O–H groups in total. The standard InChI is InChI=1S/C21H26N2O3/c1-4-16(5-2)17-11-13-23(14-12-17)15-20(24)22-19-10-8-7-9-18(19)21(25)26-6-3/h7-14,16H,4-6,15H2,1-3H3/p+1. The summed E-state index contributed by atoms with van der Waals surface area (Å²) < 4.78 is 6.86. The Hall–Kier alpha value is -2.69. The van der Waals surface area contributed by atoms with Gasteiger partial charge in [-0.25, -0.2) is 4.79 Å². The number of nitrogens with zero attached hydrogens (tertiary/aromatic N) is 1. The minimum absolute atomic E-state index is 0.181. The van der Waals surface area contributed by atoms with Gasteiger partial charge >= 0.3 is 5.97 Å². The molecule has 0 spiro atoms. The zero-order chi connectivity index (χ0) is 18.9. The van der Waals surface area contributed by atoms with Crippen molar-refractivity contribution in [1.29, 1.82) is 0 Å². The van der Waals surface area contributed by atoms with E-state index in [1.54, 1.807) is 31.2 Å². The number of esters is 1. The van der Waals surface area contributed by atoms with Crippen LogP contribution < -0.4 is 9.88 Å². The first-order chi connectivity index (χ1) is 12.6. The van der Waals surface area contributed by atoms with Crippen LogP contribution in [-0.2, 0) is 16.1 Å². The molecule has 0 saturated heterocycles. The Kier molecular flexibility index (Phi) is 7.33. The first-order valence-corrected chi connectivity index (χ1v) is 9.14. The SMILES string of the molecule is CCOC(=O)c1ccccc1NC(=O)C[n+]1ccc(C(CC)CC)cc1. The second-order valence-electron chi connectivity index (χ2n) is 6.13. The average Bonchev–Trinajstić information content (AvgIpc) is 2.64. The lowest BCUT2D eigenvalue weighted by molar-refractivity contribution is -0.684. The third kappa shape index (κ3) is 5.15. The van der Waals surface area contributed by atoms with Crippen LogP contribution in [0.25, 0.3) is 0 Å². The van der Waals surface area contributed by atoms with Gasteiger partial charge in [0.2, 0.25) is 6.54 Å². The quantitative estimate of drug-likeness (QED) is 0.580. The van der Waals surface area contributed by atoms with Crippen LogP contribution in [0, 0.1) is 0 Å². The molecule has 2 aromatic rings. The molecule has 0 bridgehead atoms. The molecule has 0 radical (unpaired) electrons. The van der Waals surface area contributed by atoms with Crippen molar-refractivity contribution in [3.63, 3.8) is 0 Å². The number of pyridine rings is 1. The highest BCUT2D eigenvalue weighted by Gasteiger charge is 2.16. The second-order valence-corrected chi connectivity index (χ2v) is 6.13. The number of hydrogen-bond donors (Lipinski definition) is 1. The van der Waals surface area contributed by atoms with E-state index in [1.165, 1.54) is 5.56 Å². The molecule has 5 nitrogen and oxygen atoms in total. The first kappa shape index (κ1) is 19.6. The number of anilines is 1. The minimum Gasteiger partial charge on any atom is -0.462 e. The minimum atomic E-state index is -0.439. The van der Waals surface area contributed by atoms with Crippen LogP contribution in [0.15, 0.2) is 48.8 Å². The molecular weight excluding hydrogens is 328 g/mol. The molecule has 138 valence electrons. The van der Waals surface area contributed by atoms with Crippen LogP contribution in [0.5, 0.6) is 0 Å². The highest BCUT2D eigenvalue weighted by molar-refractivity contribution is 6.00. The van der Waals surface area contributed by atoms with E-state index in [4.69, 9.17) is 4.74 Å². The lowest BCUT2D eigenvalue weighted by atomic mass is 9.95. The van der Waals surface area contributed by atoms with Gasteiger partial charge in [-0.3, -0.25) is 4.79 Å². The summed E-state index contributed by atoms with van der Waals surface area (Å²) in [5, 5.41) is 2.80. The molecule has 0 aliphatic carbocycles. The van der Waals surface area contributed by atoms with Crippen LogP contribution in [0.2, 0.25) is 0 Å². The predicted molar refractivity (Wildman–Crippen MR) is 101 cm³/mol. The molecule has 0 aliphatic heterocycles. The number of para-hydroxylation sites is 1. The van der Waals surface area contributed by atoms with Crippen LogP contribution in [0.3, 0.4) is 0 Å². The van der Waals surface area contributed by atoms with Gasteiger partial charge in [0.25, 0.3) is 5.91 Å². The summed E-state index contributed by atoms with van der Waals surface area (Å²) in [5.41, 5.74) is 2.11. The summed E-state index contributed by atoms with van der Waals surface area (Å²) in [6, 6.07) is 11.0. The average molecular weight is 355 g/mol. The first-order valence-electron chi connectivity index (χ1n) is 9.14. The second kappa shape index (κ2) is 9.70. The van der Waals surface area contributed by atoms with Gasteiger partial charge in [0.05, 0.1) is 17.9 Å². The van der Waals surface area contributed by atoms with Crippen LogP contribution in [0.1, 0.15) is 55.5 Å². The van der Waals surface area contributed by atoms with E-state index in [0.717, 1.165) is 12.8 Å². The summed E-state index contributed by atoms with van der Waals surface area (Å²) in [4.78, 5) is 24.3. The maximum absolute atomic E-state index is 12.4. The molecule has 0 atom stereocenters. The molecule has 1 aromatic carbocycles. The van der Waals surface area contributed by atoms with E-state index < -0.39 is 5.97 Å². The molecule has 1 heterocycles. The predicted octanol–water partition coefficient (Wildman–Crippen LogP) is 3.69. The molecule has 1 aromatic heterocycles. The number of amides is 1. The fraction of sp³-hybridized carbons (Fsp3) is 0.381. The molecular formula is C21H27N2O3+. The number of ether oxygens (including phenoxy) is 1. The van der Waals surface area contributed by atoms with Gasteiger partial charge in [-0.15, -0.1) is 0 Å². The number of nitrogens with one attached hydrogen (secondary N) is 1. The van der Waals surface area contributed by atoms with Crippen molar-refractivity contribution >= 4 is 17.6 Å². The van der Waals surface area contributed by atoms with E-state index in [0.29, 0.717) is 23.8 Å². The summed E-state index contributed by atoms with van der Waals surface area (Å²) >= 11 is 0. The Morgan fingerprint density at radius 2 is 1.69 bits per heavy atom. The van der Waals surface area contributed by atoms with E-state index >= 15 is 0 Å². The van der Waals surface area contributed by atoms with E-state index in [-0.39, 0.29) is 12.5 Å². The Labute approximate surface area is 155 Å². The largest absolute Gasteiger partial charge is 0.462 e. The third-order valence-electron chi connectivity index (χ3n) is 4.40. The molecule has 0 fully saturated rings. The smallest absolute Gasteiger partial charge is 0.340 e. The van der Waals surface area contributed by atoms with Crippen molar-refractivity contribution in [2.24, 2.45) is 0 Å². The fourth-order valence-electron chi connectivity index (χ4n) is 2.94. The Balaban J connectivity index is 2.04.